The predicted molar refractivity (Wildman–Crippen MR) is 77.8 cm³/mol. The summed E-state index contributed by atoms with van der Waals surface area (Å²) >= 11 is 0. The minimum Gasteiger partial charge on any atom is -0.308 e. The molecule has 2 nitrogen and oxygen atoms in total. The summed E-state index contributed by atoms with van der Waals surface area (Å²) in [5, 5.41) is 0. The van der Waals surface area contributed by atoms with Gasteiger partial charge in [0.2, 0.25) is 0 Å². The van der Waals surface area contributed by atoms with E-state index in [0.717, 1.165) is 17.7 Å². The van der Waals surface area contributed by atoms with Gasteiger partial charge >= 0.3 is 6.18 Å². The van der Waals surface area contributed by atoms with E-state index in [0.29, 0.717) is 18.5 Å². The summed E-state index contributed by atoms with van der Waals surface area (Å²) in [7, 11) is 0. The van der Waals surface area contributed by atoms with E-state index < -0.39 is 29.0 Å². The zero-order valence-electron chi connectivity index (χ0n) is 12.0. The number of nitrogens with zero attached hydrogens (tertiary/aromatic N) is 1. The molecular weight excluding hydrogens is 310 g/mol. The van der Waals surface area contributed by atoms with Crippen LogP contribution in [-0.4, -0.2) is 12.5 Å². The van der Waals surface area contributed by atoms with Crippen LogP contribution in [0.4, 0.5) is 23.2 Å². The molecule has 0 bridgehead atoms. The molecule has 1 aliphatic heterocycles. The SMILES string of the molecule is O=C(c1ccccc1C(F)(F)F)N1CCCc2ccc(F)cc21. The molecule has 1 heterocycles. The Morgan fingerprint density at radius 2 is 1.83 bits per heavy atom. The van der Waals surface area contributed by atoms with Gasteiger partial charge in [-0.15, -0.1) is 0 Å². The van der Waals surface area contributed by atoms with Gasteiger partial charge in [-0.25, -0.2) is 4.39 Å². The highest BCUT2D eigenvalue weighted by molar-refractivity contribution is 6.07. The summed E-state index contributed by atoms with van der Waals surface area (Å²) in [5.41, 5.74) is -0.292. The van der Waals surface area contributed by atoms with Gasteiger partial charge in [0.05, 0.1) is 16.8 Å². The molecule has 2 aromatic carbocycles. The maximum Gasteiger partial charge on any atom is 0.417 e. The fourth-order valence-corrected chi connectivity index (χ4v) is 2.82. The summed E-state index contributed by atoms with van der Waals surface area (Å²) in [6.45, 7) is 0.265. The summed E-state index contributed by atoms with van der Waals surface area (Å²) in [4.78, 5) is 13.9. The second-order valence-corrected chi connectivity index (χ2v) is 5.38. The Kier molecular flexibility index (Phi) is 3.83. The van der Waals surface area contributed by atoms with Gasteiger partial charge in [-0.05, 0) is 42.7 Å². The number of benzene rings is 2. The molecule has 0 atom stereocenters. The van der Waals surface area contributed by atoms with Crippen molar-refractivity contribution < 1.29 is 22.4 Å². The molecule has 0 radical (unpaired) electrons. The third-order valence-electron chi connectivity index (χ3n) is 3.87. The quantitative estimate of drug-likeness (QED) is 0.711. The lowest BCUT2D eigenvalue weighted by Gasteiger charge is -2.30. The smallest absolute Gasteiger partial charge is 0.308 e. The van der Waals surface area contributed by atoms with Gasteiger partial charge < -0.3 is 4.90 Å². The highest BCUT2D eigenvalue weighted by atomic mass is 19.4. The average Bonchev–Trinajstić information content (AvgIpc) is 2.53. The number of aryl methyl sites for hydroxylation is 1. The maximum absolute atomic E-state index is 13.5. The maximum atomic E-state index is 13.5. The predicted octanol–water partition coefficient (Wildman–Crippen LogP) is 4.44. The van der Waals surface area contributed by atoms with Gasteiger partial charge in [-0.2, -0.15) is 13.2 Å². The monoisotopic (exact) mass is 323 g/mol. The van der Waals surface area contributed by atoms with E-state index in [4.69, 9.17) is 0 Å². The first kappa shape index (κ1) is 15.5. The number of alkyl halides is 3. The second kappa shape index (κ2) is 5.68. The normalized spacial score (nSPS) is 14.5. The molecular formula is C17H13F4NO. The Hall–Kier alpha value is -2.37. The van der Waals surface area contributed by atoms with E-state index in [1.54, 1.807) is 6.07 Å². The van der Waals surface area contributed by atoms with Crippen LogP contribution in [0.1, 0.15) is 27.9 Å². The summed E-state index contributed by atoms with van der Waals surface area (Å²) < 4.78 is 52.8. The molecule has 1 amide bonds. The zero-order chi connectivity index (χ0) is 16.6. The molecule has 23 heavy (non-hydrogen) atoms. The van der Waals surface area contributed by atoms with Crippen molar-refractivity contribution in [2.24, 2.45) is 0 Å². The summed E-state index contributed by atoms with van der Waals surface area (Å²) in [6.07, 6.45) is -3.33. The van der Waals surface area contributed by atoms with Gasteiger partial charge in [0.25, 0.3) is 5.91 Å². The van der Waals surface area contributed by atoms with Crippen LogP contribution in [0.2, 0.25) is 0 Å². The molecule has 6 heteroatoms. The second-order valence-electron chi connectivity index (χ2n) is 5.38. The molecule has 0 fully saturated rings. The number of amides is 1. The molecule has 0 spiro atoms. The summed E-state index contributed by atoms with van der Waals surface area (Å²) in [6, 6.07) is 8.71. The van der Waals surface area contributed by atoms with Gasteiger partial charge in [-0.3, -0.25) is 4.79 Å². The number of halogens is 4. The van der Waals surface area contributed by atoms with E-state index in [-0.39, 0.29) is 6.54 Å². The number of rotatable bonds is 1. The Morgan fingerprint density at radius 3 is 2.57 bits per heavy atom. The van der Waals surface area contributed by atoms with Crippen molar-refractivity contribution >= 4 is 11.6 Å². The van der Waals surface area contributed by atoms with E-state index in [1.807, 2.05) is 0 Å². The van der Waals surface area contributed by atoms with Crippen molar-refractivity contribution in [2.75, 3.05) is 11.4 Å². The molecule has 0 N–H and O–H groups in total. The molecule has 0 aromatic heterocycles. The molecule has 1 aliphatic rings. The lowest BCUT2D eigenvalue weighted by atomic mass is 9.99. The van der Waals surface area contributed by atoms with Crippen LogP contribution in [0.5, 0.6) is 0 Å². The lowest BCUT2D eigenvalue weighted by molar-refractivity contribution is -0.137. The van der Waals surface area contributed by atoms with Crippen molar-refractivity contribution in [3.63, 3.8) is 0 Å². The fourth-order valence-electron chi connectivity index (χ4n) is 2.82. The van der Waals surface area contributed by atoms with Crippen molar-refractivity contribution in [1.29, 1.82) is 0 Å². The van der Waals surface area contributed by atoms with Crippen molar-refractivity contribution in [2.45, 2.75) is 19.0 Å². The van der Waals surface area contributed by atoms with Gasteiger partial charge in [-0.1, -0.05) is 18.2 Å². The topological polar surface area (TPSA) is 20.3 Å². The first-order chi connectivity index (χ1) is 10.9. The molecule has 0 saturated heterocycles. The Balaban J connectivity index is 2.05. The summed E-state index contributed by atoms with van der Waals surface area (Å²) in [5.74, 6) is -1.28. The van der Waals surface area contributed by atoms with E-state index >= 15 is 0 Å². The Bertz CT molecular complexity index is 754. The molecule has 2 aromatic rings. The fraction of sp³-hybridized carbons (Fsp3) is 0.235. The van der Waals surface area contributed by atoms with E-state index in [1.165, 1.54) is 29.2 Å². The van der Waals surface area contributed by atoms with Gasteiger partial charge in [0.15, 0.2) is 0 Å². The van der Waals surface area contributed by atoms with Crippen LogP contribution >= 0.6 is 0 Å². The third kappa shape index (κ3) is 2.93. The number of carbonyl (C=O) groups excluding carboxylic acids is 1. The molecule has 120 valence electrons. The number of carbonyl (C=O) groups is 1. The highest BCUT2D eigenvalue weighted by Crippen LogP contribution is 2.34. The number of anilines is 1. The first-order valence-electron chi connectivity index (χ1n) is 7.14. The largest absolute Gasteiger partial charge is 0.417 e. The van der Waals surface area contributed by atoms with E-state index in [9.17, 15) is 22.4 Å². The van der Waals surface area contributed by atoms with Crippen molar-refractivity contribution in [3.05, 3.63) is 65.0 Å². The van der Waals surface area contributed by atoms with Crippen LogP contribution in [0.3, 0.4) is 0 Å². The van der Waals surface area contributed by atoms with Gasteiger partial charge in [0, 0.05) is 6.54 Å². The molecule has 0 unspecified atom stereocenters. The van der Waals surface area contributed by atoms with Crippen LogP contribution in [0.15, 0.2) is 42.5 Å². The molecule has 0 saturated carbocycles. The average molecular weight is 323 g/mol. The van der Waals surface area contributed by atoms with Crippen molar-refractivity contribution in [3.8, 4) is 0 Å². The minimum absolute atomic E-state index is 0.265. The minimum atomic E-state index is -4.62. The molecule has 0 aliphatic carbocycles. The van der Waals surface area contributed by atoms with Gasteiger partial charge in [0.1, 0.15) is 5.82 Å². The van der Waals surface area contributed by atoms with Crippen LogP contribution < -0.4 is 4.90 Å². The number of hydrogen-bond donors (Lipinski definition) is 0. The van der Waals surface area contributed by atoms with Crippen molar-refractivity contribution in [1.82, 2.24) is 0 Å². The van der Waals surface area contributed by atoms with Crippen LogP contribution in [0, 0.1) is 5.82 Å². The van der Waals surface area contributed by atoms with Crippen LogP contribution in [0.25, 0.3) is 0 Å². The van der Waals surface area contributed by atoms with E-state index in [2.05, 4.69) is 0 Å². The third-order valence-corrected chi connectivity index (χ3v) is 3.87. The lowest BCUT2D eigenvalue weighted by Crippen LogP contribution is -2.36. The molecule has 3 rings (SSSR count). The zero-order valence-corrected chi connectivity index (χ0v) is 12.0. The van der Waals surface area contributed by atoms with Crippen LogP contribution in [-0.2, 0) is 12.6 Å². The number of fused-ring (bicyclic) bond motifs is 1. The highest BCUT2D eigenvalue weighted by Gasteiger charge is 2.36. The number of hydrogen-bond acceptors (Lipinski definition) is 1. The first-order valence-corrected chi connectivity index (χ1v) is 7.14. The Morgan fingerprint density at radius 1 is 1.09 bits per heavy atom. The Labute approximate surface area is 130 Å². The standard InChI is InChI=1S/C17H13F4NO/c18-12-8-7-11-4-3-9-22(15(11)10-12)16(23)13-5-1-2-6-14(13)17(19,20)21/h1-2,5-8,10H,3-4,9H2.